The summed E-state index contributed by atoms with van der Waals surface area (Å²) in [5.41, 5.74) is 1.13. The third-order valence-electron chi connectivity index (χ3n) is 2.80. The number of hydrogen-bond donors (Lipinski definition) is 1. The van der Waals surface area contributed by atoms with Crippen molar-refractivity contribution in [3.05, 3.63) is 42.0 Å². The Hall–Kier alpha value is -1.42. The Morgan fingerprint density at radius 2 is 2.05 bits per heavy atom. The topological polar surface area (TPSA) is 38.3 Å². The highest BCUT2D eigenvalue weighted by Crippen LogP contribution is 2.07. The van der Waals surface area contributed by atoms with Crippen LogP contribution in [0.2, 0.25) is 0 Å². The van der Waals surface area contributed by atoms with Crippen LogP contribution in [0.1, 0.15) is 25.8 Å². The van der Waals surface area contributed by atoms with Crippen molar-refractivity contribution in [3.8, 4) is 0 Å². The Morgan fingerprint density at radius 3 is 2.67 bits per heavy atom. The smallest absolute Gasteiger partial charge is 0.407 e. The van der Waals surface area contributed by atoms with E-state index in [0.717, 1.165) is 17.7 Å². The number of carbonyl (C=O) groups is 1. The Bertz CT molecular complexity index is 432. The van der Waals surface area contributed by atoms with Gasteiger partial charge in [-0.25, -0.2) is 4.79 Å². The summed E-state index contributed by atoms with van der Waals surface area (Å²) in [5, 5.41) is 2.92. The molecule has 0 spiro atoms. The van der Waals surface area contributed by atoms with Crippen LogP contribution >= 0.6 is 11.8 Å². The normalized spacial score (nSPS) is 12.6. The molecule has 21 heavy (non-hydrogen) atoms. The Labute approximate surface area is 132 Å². The summed E-state index contributed by atoms with van der Waals surface area (Å²) < 4.78 is 5.18. The van der Waals surface area contributed by atoms with Gasteiger partial charge in [0.05, 0.1) is 12.6 Å². The summed E-state index contributed by atoms with van der Waals surface area (Å²) >= 11 is 1.77. The number of alkyl carbamates (subject to hydrolysis) is 1. The molecule has 0 unspecified atom stereocenters. The fraction of sp³-hybridized carbons (Fsp3) is 0.471. The van der Waals surface area contributed by atoms with Crippen LogP contribution in [0.25, 0.3) is 6.08 Å². The van der Waals surface area contributed by atoms with Gasteiger partial charge in [0.25, 0.3) is 0 Å². The quantitative estimate of drug-likeness (QED) is 0.782. The minimum atomic E-state index is -0.340. The second-order valence-electron chi connectivity index (χ2n) is 5.29. The fourth-order valence-electron chi connectivity index (χ4n) is 1.69. The molecular weight excluding hydrogens is 282 g/mol. The Kier molecular flexibility index (Phi) is 8.67. The highest BCUT2D eigenvalue weighted by atomic mass is 32.2. The SMILES string of the molecule is CSCC[C@H](/C=C/c1ccccc1)NC(=O)OCC(C)C. The second-order valence-corrected chi connectivity index (χ2v) is 6.28. The molecule has 0 heterocycles. The van der Waals surface area contributed by atoms with Crippen LogP contribution in [-0.2, 0) is 4.74 Å². The maximum Gasteiger partial charge on any atom is 0.407 e. The van der Waals surface area contributed by atoms with E-state index in [2.05, 4.69) is 11.6 Å². The third kappa shape index (κ3) is 8.45. The molecule has 0 aromatic heterocycles. The van der Waals surface area contributed by atoms with Crippen molar-refractivity contribution in [2.45, 2.75) is 26.3 Å². The first-order valence-corrected chi connectivity index (χ1v) is 8.66. The zero-order valence-corrected chi connectivity index (χ0v) is 13.9. The number of rotatable bonds is 8. The number of amides is 1. The molecular formula is C17H25NO2S. The van der Waals surface area contributed by atoms with Crippen molar-refractivity contribution in [1.82, 2.24) is 5.32 Å². The van der Waals surface area contributed by atoms with Crippen molar-refractivity contribution in [1.29, 1.82) is 0 Å². The Morgan fingerprint density at radius 1 is 1.33 bits per heavy atom. The first-order valence-electron chi connectivity index (χ1n) is 7.27. The lowest BCUT2D eigenvalue weighted by molar-refractivity contribution is 0.131. The predicted octanol–water partition coefficient (Wildman–Crippen LogP) is 4.20. The van der Waals surface area contributed by atoms with Crippen molar-refractivity contribution < 1.29 is 9.53 Å². The molecule has 1 atom stereocenters. The maximum absolute atomic E-state index is 11.8. The molecule has 0 bridgehead atoms. The number of thioether (sulfide) groups is 1. The van der Waals surface area contributed by atoms with Gasteiger partial charge in [0.1, 0.15) is 0 Å². The molecule has 0 aliphatic rings. The van der Waals surface area contributed by atoms with Crippen LogP contribution in [0, 0.1) is 5.92 Å². The molecule has 1 rings (SSSR count). The van der Waals surface area contributed by atoms with Gasteiger partial charge in [-0.05, 0) is 29.9 Å². The highest BCUT2D eigenvalue weighted by Gasteiger charge is 2.10. The molecule has 0 radical (unpaired) electrons. The summed E-state index contributed by atoms with van der Waals surface area (Å²) in [6.45, 7) is 4.49. The zero-order valence-electron chi connectivity index (χ0n) is 13.0. The maximum atomic E-state index is 11.8. The first kappa shape index (κ1) is 17.6. The van der Waals surface area contributed by atoms with Crippen molar-refractivity contribution >= 4 is 23.9 Å². The highest BCUT2D eigenvalue weighted by molar-refractivity contribution is 7.98. The third-order valence-corrected chi connectivity index (χ3v) is 3.45. The molecule has 0 aliphatic heterocycles. The molecule has 1 amide bonds. The number of carbonyl (C=O) groups excluding carboxylic acids is 1. The van der Waals surface area contributed by atoms with E-state index >= 15 is 0 Å². The lowest BCUT2D eigenvalue weighted by Crippen LogP contribution is -2.35. The number of ether oxygens (including phenoxy) is 1. The van der Waals surface area contributed by atoms with E-state index in [-0.39, 0.29) is 12.1 Å². The van der Waals surface area contributed by atoms with E-state index < -0.39 is 0 Å². The van der Waals surface area contributed by atoms with Crippen LogP contribution in [0.4, 0.5) is 4.79 Å². The van der Waals surface area contributed by atoms with Gasteiger partial charge in [-0.2, -0.15) is 11.8 Å². The molecule has 1 aromatic rings. The first-order chi connectivity index (χ1) is 10.1. The summed E-state index contributed by atoms with van der Waals surface area (Å²) in [4.78, 5) is 11.8. The van der Waals surface area contributed by atoms with E-state index in [0.29, 0.717) is 12.5 Å². The standard InChI is InChI=1S/C17H25NO2S/c1-14(2)13-20-17(19)18-16(11-12-21-3)10-9-15-7-5-4-6-8-15/h4-10,14,16H,11-13H2,1-3H3,(H,18,19)/b10-9+/t16-/m0/s1. The fourth-order valence-corrected chi connectivity index (χ4v) is 2.18. The van der Waals surface area contributed by atoms with Crippen molar-refractivity contribution in [3.63, 3.8) is 0 Å². The molecule has 0 saturated carbocycles. The van der Waals surface area contributed by atoms with E-state index in [1.165, 1.54) is 0 Å². The number of nitrogens with one attached hydrogen (secondary N) is 1. The monoisotopic (exact) mass is 307 g/mol. The van der Waals surface area contributed by atoms with Gasteiger partial charge in [0, 0.05) is 0 Å². The van der Waals surface area contributed by atoms with E-state index in [1.807, 2.05) is 56.3 Å². The zero-order chi connectivity index (χ0) is 15.5. The van der Waals surface area contributed by atoms with Gasteiger partial charge in [0.2, 0.25) is 0 Å². The van der Waals surface area contributed by atoms with Gasteiger partial charge in [0.15, 0.2) is 0 Å². The Balaban J connectivity index is 2.54. The lowest BCUT2D eigenvalue weighted by atomic mass is 10.1. The molecule has 0 aliphatic carbocycles. The molecule has 116 valence electrons. The largest absolute Gasteiger partial charge is 0.449 e. The molecule has 3 nitrogen and oxygen atoms in total. The van der Waals surface area contributed by atoms with Crippen LogP contribution < -0.4 is 5.32 Å². The van der Waals surface area contributed by atoms with Crippen LogP contribution in [-0.4, -0.2) is 30.8 Å². The lowest BCUT2D eigenvalue weighted by Gasteiger charge is -2.15. The van der Waals surface area contributed by atoms with Gasteiger partial charge in [-0.1, -0.05) is 56.3 Å². The van der Waals surface area contributed by atoms with Crippen molar-refractivity contribution in [2.24, 2.45) is 5.92 Å². The molecule has 0 saturated heterocycles. The van der Waals surface area contributed by atoms with Crippen LogP contribution in [0.3, 0.4) is 0 Å². The average Bonchev–Trinajstić information content (AvgIpc) is 2.49. The van der Waals surface area contributed by atoms with Crippen molar-refractivity contribution in [2.75, 3.05) is 18.6 Å². The molecule has 4 heteroatoms. The number of benzene rings is 1. The van der Waals surface area contributed by atoms with E-state index in [9.17, 15) is 4.79 Å². The summed E-state index contributed by atoms with van der Waals surface area (Å²) in [5.74, 6) is 1.34. The van der Waals surface area contributed by atoms with E-state index in [1.54, 1.807) is 11.8 Å². The molecule has 1 N–H and O–H groups in total. The second kappa shape index (κ2) is 10.3. The van der Waals surface area contributed by atoms with Gasteiger partial charge in [-0.15, -0.1) is 0 Å². The predicted molar refractivity (Wildman–Crippen MR) is 91.6 cm³/mol. The van der Waals surface area contributed by atoms with Gasteiger partial charge < -0.3 is 10.1 Å². The summed E-state index contributed by atoms with van der Waals surface area (Å²) in [6.07, 6.45) is 6.68. The van der Waals surface area contributed by atoms with E-state index in [4.69, 9.17) is 4.74 Å². The molecule has 1 aromatic carbocycles. The minimum absolute atomic E-state index is 0.00248. The minimum Gasteiger partial charge on any atom is -0.449 e. The van der Waals surface area contributed by atoms with Crippen LogP contribution in [0.15, 0.2) is 36.4 Å². The average molecular weight is 307 g/mol. The number of hydrogen-bond acceptors (Lipinski definition) is 3. The molecule has 0 fully saturated rings. The van der Waals surface area contributed by atoms with Gasteiger partial charge in [-0.3, -0.25) is 0 Å². The summed E-state index contributed by atoms with van der Waals surface area (Å²) in [7, 11) is 0. The van der Waals surface area contributed by atoms with Crippen LogP contribution in [0.5, 0.6) is 0 Å². The van der Waals surface area contributed by atoms with Gasteiger partial charge >= 0.3 is 6.09 Å². The summed E-state index contributed by atoms with van der Waals surface area (Å²) in [6, 6.07) is 10.1.